The van der Waals surface area contributed by atoms with Gasteiger partial charge in [-0.2, -0.15) is 0 Å². The third kappa shape index (κ3) is 5.89. The van der Waals surface area contributed by atoms with Gasteiger partial charge in [-0.25, -0.2) is 14.6 Å². The molecule has 0 radical (unpaired) electrons. The van der Waals surface area contributed by atoms with Crippen LogP contribution in [0.1, 0.15) is 25.8 Å². The minimum absolute atomic E-state index is 0.0615. The van der Waals surface area contributed by atoms with Gasteiger partial charge in [-0.1, -0.05) is 11.6 Å². The Morgan fingerprint density at radius 2 is 2.21 bits per heavy atom. The molecule has 1 aromatic rings. The van der Waals surface area contributed by atoms with E-state index < -0.39 is 23.7 Å². The lowest BCUT2D eigenvalue weighted by molar-refractivity contribution is -0.139. The van der Waals surface area contributed by atoms with Gasteiger partial charge in [0, 0.05) is 11.8 Å². The number of ether oxygens (including phenoxy) is 1. The van der Waals surface area contributed by atoms with Crippen molar-refractivity contribution in [3.05, 3.63) is 15.5 Å². The summed E-state index contributed by atoms with van der Waals surface area (Å²) in [5.41, 5.74) is -0.683. The van der Waals surface area contributed by atoms with E-state index in [0.29, 0.717) is 10.2 Å². The number of alkyl carbamates (subject to hydrolysis) is 1. The van der Waals surface area contributed by atoms with E-state index in [4.69, 9.17) is 21.4 Å². The summed E-state index contributed by atoms with van der Waals surface area (Å²) in [5, 5.41) is 13.8. The van der Waals surface area contributed by atoms with E-state index in [1.54, 1.807) is 26.2 Å². The number of nitrogens with one attached hydrogen (secondary N) is 1. The number of rotatable bonds is 4. The Kier molecular flexibility index (Phi) is 5.13. The summed E-state index contributed by atoms with van der Waals surface area (Å²) < 4.78 is 5.00. The number of carbonyl (C=O) groups is 2. The van der Waals surface area contributed by atoms with Gasteiger partial charge in [-0.3, -0.25) is 0 Å². The van der Waals surface area contributed by atoms with Crippen molar-refractivity contribution in [1.82, 2.24) is 10.3 Å². The molecule has 0 saturated carbocycles. The van der Waals surface area contributed by atoms with E-state index in [-0.39, 0.29) is 6.42 Å². The highest BCUT2D eigenvalue weighted by atomic mass is 35.5. The largest absolute Gasteiger partial charge is 0.480 e. The number of halogens is 1. The predicted octanol–water partition coefficient (Wildman–Crippen LogP) is 2.32. The van der Waals surface area contributed by atoms with Crippen LogP contribution in [0.15, 0.2) is 5.38 Å². The molecule has 0 spiro atoms. The van der Waals surface area contributed by atoms with Gasteiger partial charge in [0.15, 0.2) is 0 Å². The SMILES string of the molecule is CC(C)(C)OC(=O)N[C@@H](Cc1nc(Cl)cs1)C(=O)O. The number of carboxylic acid groups (broad SMARTS) is 1. The highest BCUT2D eigenvalue weighted by Crippen LogP contribution is 2.16. The summed E-state index contributed by atoms with van der Waals surface area (Å²) in [4.78, 5) is 26.6. The molecule has 8 heteroatoms. The topological polar surface area (TPSA) is 88.5 Å². The third-order valence-electron chi connectivity index (χ3n) is 1.89. The number of nitrogens with zero attached hydrogens (tertiary/aromatic N) is 1. The lowest BCUT2D eigenvalue weighted by atomic mass is 10.2. The molecule has 1 heterocycles. The third-order valence-corrected chi connectivity index (χ3v) is 3.09. The number of hydrogen-bond acceptors (Lipinski definition) is 5. The molecule has 0 bridgehead atoms. The zero-order valence-electron chi connectivity index (χ0n) is 10.8. The monoisotopic (exact) mass is 306 g/mol. The molecule has 0 unspecified atom stereocenters. The fraction of sp³-hybridized carbons (Fsp3) is 0.545. The number of carboxylic acids is 1. The van der Waals surface area contributed by atoms with Crippen molar-refractivity contribution in [2.75, 3.05) is 0 Å². The molecular weight excluding hydrogens is 292 g/mol. The van der Waals surface area contributed by atoms with Crippen molar-refractivity contribution in [2.45, 2.75) is 38.8 Å². The van der Waals surface area contributed by atoms with E-state index in [1.165, 1.54) is 11.3 Å². The van der Waals surface area contributed by atoms with E-state index >= 15 is 0 Å². The normalized spacial score (nSPS) is 12.8. The molecule has 1 atom stereocenters. The first-order chi connectivity index (χ1) is 8.67. The zero-order chi connectivity index (χ0) is 14.6. The van der Waals surface area contributed by atoms with Crippen molar-refractivity contribution in [3.8, 4) is 0 Å². The minimum Gasteiger partial charge on any atom is -0.480 e. The van der Waals surface area contributed by atoms with E-state index in [0.717, 1.165) is 0 Å². The fourth-order valence-corrected chi connectivity index (χ4v) is 2.19. The van der Waals surface area contributed by atoms with Crippen LogP contribution >= 0.6 is 22.9 Å². The molecule has 106 valence electrons. The lowest BCUT2D eigenvalue weighted by Crippen LogP contribution is -2.44. The van der Waals surface area contributed by atoms with Crippen LogP contribution in [0.2, 0.25) is 5.15 Å². The maximum Gasteiger partial charge on any atom is 0.408 e. The highest BCUT2D eigenvalue weighted by Gasteiger charge is 2.25. The maximum atomic E-state index is 11.5. The van der Waals surface area contributed by atoms with Crippen molar-refractivity contribution < 1.29 is 19.4 Å². The van der Waals surface area contributed by atoms with Crippen LogP contribution in [0, 0.1) is 0 Å². The van der Waals surface area contributed by atoms with Gasteiger partial charge in [0.2, 0.25) is 0 Å². The average molecular weight is 307 g/mol. The Bertz CT molecular complexity index is 470. The smallest absolute Gasteiger partial charge is 0.408 e. The summed E-state index contributed by atoms with van der Waals surface area (Å²) in [5.74, 6) is -1.16. The summed E-state index contributed by atoms with van der Waals surface area (Å²) in [7, 11) is 0. The van der Waals surface area contributed by atoms with Crippen LogP contribution in [0.25, 0.3) is 0 Å². The zero-order valence-corrected chi connectivity index (χ0v) is 12.3. The highest BCUT2D eigenvalue weighted by molar-refractivity contribution is 7.10. The molecule has 0 aliphatic heterocycles. The molecular formula is C11H15ClN2O4S. The molecule has 0 aliphatic rings. The van der Waals surface area contributed by atoms with Gasteiger partial charge in [0.05, 0.1) is 5.01 Å². The standard InChI is InChI=1S/C11H15ClN2O4S/c1-11(2,3)18-10(17)13-6(9(15)16)4-8-14-7(12)5-19-8/h5-6H,4H2,1-3H3,(H,13,17)(H,15,16)/t6-/m0/s1. The van der Waals surface area contributed by atoms with Gasteiger partial charge in [0.25, 0.3) is 0 Å². The maximum absolute atomic E-state index is 11.5. The number of hydrogen-bond donors (Lipinski definition) is 2. The number of carbonyl (C=O) groups excluding carboxylic acids is 1. The van der Waals surface area contributed by atoms with Crippen LogP contribution in [0.5, 0.6) is 0 Å². The molecule has 2 N–H and O–H groups in total. The number of aliphatic carboxylic acids is 1. The number of amides is 1. The molecule has 0 aromatic carbocycles. The van der Waals surface area contributed by atoms with Crippen molar-refractivity contribution in [1.29, 1.82) is 0 Å². The van der Waals surface area contributed by atoms with Crippen molar-refractivity contribution >= 4 is 35.0 Å². The van der Waals surface area contributed by atoms with Crippen LogP contribution < -0.4 is 5.32 Å². The molecule has 0 fully saturated rings. The second-order valence-corrected chi connectivity index (χ2v) is 6.14. The molecule has 6 nitrogen and oxygen atoms in total. The molecule has 1 amide bonds. The Hall–Kier alpha value is -1.34. The summed E-state index contributed by atoms with van der Waals surface area (Å²) >= 11 is 6.89. The molecule has 0 aliphatic carbocycles. The number of aromatic nitrogens is 1. The molecule has 1 rings (SSSR count). The summed E-state index contributed by atoms with van der Waals surface area (Å²) in [6.45, 7) is 5.09. The van der Waals surface area contributed by atoms with E-state index in [9.17, 15) is 9.59 Å². The van der Waals surface area contributed by atoms with Crippen molar-refractivity contribution in [3.63, 3.8) is 0 Å². The Balaban J connectivity index is 2.63. The summed E-state index contributed by atoms with van der Waals surface area (Å²) in [6.07, 6.45) is -0.714. The Morgan fingerprint density at radius 3 is 2.63 bits per heavy atom. The molecule has 19 heavy (non-hydrogen) atoms. The van der Waals surface area contributed by atoms with Crippen LogP contribution in [-0.4, -0.2) is 33.8 Å². The molecule has 1 aromatic heterocycles. The Morgan fingerprint density at radius 1 is 1.58 bits per heavy atom. The van der Waals surface area contributed by atoms with Crippen molar-refractivity contribution in [2.24, 2.45) is 0 Å². The minimum atomic E-state index is -1.16. The fourth-order valence-electron chi connectivity index (χ4n) is 1.21. The van der Waals surface area contributed by atoms with Gasteiger partial charge >= 0.3 is 12.1 Å². The second-order valence-electron chi connectivity index (χ2n) is 4.81. The van der Waals surface area contributed by atoms with Gasteiger partial charge < -0.3 is 15.2 Å². The predicted molar refractivity (Wildman–Crippen MR) is 71.6 cm³/mol. The second kappa shape index (κ2) is 6.21. The van der Waals surface area contributed by atoms with E-state index in [1.807, 2.05) is 0 Å². The first kappa shape index (κ1) is 15.7. The first-order valence-electron chi connectivity index (χ1n) is 5.49. The van der Waals surface area contributed by atoms with Crippen LogP contribution in [0.3, 0.4) is 0 Å². The first-order valence-corrected chi connectivity index (χ1v) is 6.75. The average Bonchev–Trinajstić information content (AvgIpc) is 2.60. The lowest BCUT2D eigenvalue weighted by Gasteiger charge is -2.21. The molecule has 0 saturated heterocycles. The van der Waals surface area contributed by atoms with Gasteiger partial charge in [0.1, 0.15) is 16.8 Å². The van der Waals surface area contributed by atoms with Gasteiger partial charge in [-0.05, 0) is 20.8 Å². The summed E-state index contributed by atoms with van der Waals surface area (Å²) in [6, 6.07) is -1.10. The van der Waals surface area contributed by atoms with Crippen LogP contribution in [-0.2, 0) is 16.0 Å². The van der Waals surface area contributed by atoms with Crippen LogP contribution in [0.4, 0.5) is 4.79 Å². The quantitative estimate of drug-likeness (QED) is 0.891. The number of thiazole rings is 1. The van der Waals surface area contributed by atoms with E-state index in [2.05, 4.69) is 10.3 Å². The van der Waals surface area contributed by atoms with Gasteiger partial charge in [-0.15, -0.1) is 11.3 Å². The Labute approximate surface area is 119 Å².